The Kier molecular flexibility index (Phi) is 5.93. The summed E-state index contributed by atoms with van der Waals surface area (Å²) < 4.78 is 11.6. The molecule has 1 fully saturated rings. The molecule has 1 amide bonds. The van der Waals surface area contributed by atoms with Gasteiger partial charge in [-0.2, -0.15) is 0 Å². The van der Waals surface area contributed by atoms with E-state index in [9.17, 15) is 14.4 Å². The highest BCUT2D eigenvalue weighted by Gasteiger charge is 2.24. The Morgan fingerprint density at radius 1 is 1.30 bits per heavy atom. The first kappa shape index (κ1) is 19.1. The van der Waals surface area contributed by atoms with Crippen molar-refractivity contribution in [3.05, 3.63) is 28.0 Å². The van der Waals surface area contributed by atoms with E-state index in [2.05, 4.69) is 10.3 Å². The lowest BCUT2D eigenvalue weighted by molar-refractivity contribution is -0.122. The van der Waals surface area contributed by atoms with Crippen LogP contribution in [0.2, 0.25) is 0 Å². The van der Waals surface area contributed by atoms with E-state index in [0.29, 0.717) is 0 Å². The number of furan rings is 1. The molecule has 0 unspecified atom stereocenters. The molecule has 8 nitrogen and oxygen atoms in total. The second kappa shape index (κ2) is 8.37. The molecule has 1 aliphatic carbocycles. The van der Waals surface area contributed by atoms with Crippen LogP contribution < -0.4 is 10.9 Å². The number of hydrogen-bond acceptors (Lipinski definition) is 6. The van der Waals surface area contributed by atoms with Crippen LogP contribution in [-0.2, 0) is 16.1 Å². The zero-order chi connectivity index (χ0) is 19.4. The SMILES string of the molecule is CCOC(=O)c1c(C)oc2ncn(CC(=O)NC3CCCCCC3)c(=O)c12. The lowest BCUT2D eigenvalue weighted by atomic mass is 10.1. The van der Waals surface area contributed by atoms with E-state index in [0.717, 1.165) is 25.7 Å². The highest BCUT2D eigenvalue weighted by atomic mass is 16.5. The van der Waals surface area contributed by atoms with E-state index >= 15 is 0 Å². The van der Waals surface area contributed by atoms with Gasteiger partial charge in [0.25, 0.3) is 5.56 Å². The zero-order valence-electron chi connectivity index (χ0n) is 15.7. The second-order valence-electron chi connectivity index (χ2n) is 6.87. The smallest absolute Gasteiger partial charge is 0.342 e. The van der Waals surface area contributed by atoms with Crippen LogP contribution in [0.25, 0.3) is 11.1 Å². The Balaban J connectivity index is 1.83. The van der Waals surface area contributed by atoms with E-state index in [-0.39, 0.29) is 47.5 Å². The molecule has 27 heavy (non-hydrogen) atoms. The van der Waals surface area contributed by atoms with Crippen molar-refractivity contribution in [1.29, 1.82) is 0 Å². The molecule has 0 aromatic carbocycles. The molecule has 0 aliphatic heterocycles. The molecule has 8 heteroatoms. The number of hydrogen-bond donors (Lipinski definition) is 1. The average Bonchev–Trinajstić information content (AvgIpc) is 2.78. The van der Waals surface area contributed by atoms with Gasteiger partial charge in [-0.1, -0.05) is 25.7 Å². The van der Waals surface area contributed by atoms with Crippen molar-refractivity contribution >= 4 is 23.0 Å². The number of carbonyl (C=O) groups excluding carboxylic acids is 2. The van der Waals surface area contributed by atoms with Crippen LogP contribution >= 0.6 is 0 Å². The topological polar surface area (TPSA) is 103 Å². The summed E-state index contributed by atoms with van der Waals surface area (Å²) in [7, 11) is 0. The number of aryl methyl sites for hydroxylation is 1. The minimum atomic E-state index is -0.631. The number of rotatable bonds is 5. The van der Waals surface area contributed by atoms with Crippen molar-refractivity contribution in [3.63, 3.8) is 0 Å². The molecule has 1 N–H and O–H groups in total. The summed E-state index contributed by atoms with van der Waals surface area (Å²) in [5.41, 5.74) is -0.347. The van der Waals surface area contributed by atoms with Crippen molar-refractivity contribution < 1.29 is 18.7 Å². The summed E-state index contributed by atoms with van der Waals surface area (Å²) in [4.78, 5) is 41.5. The number of ether oxygens (including phenoxy) is 1. The normalized spacial score (nSPS) is 15.5. The molecular weight excluding hydrogens is 350 g/mol. The van der Waals surface area contributed by atoms with Crippen LogP contribution in [0.1, 0.15) is 61.6 Å². The van der Waals surface area contributed by atoms with Gasteiger partial charge < -0.3 is 14.5 Å². The molecular formula is C19H25N3O5. The first-order chi connectivity index (χ1) is 13.0. The Hall–Kier alpha value is -2.64. The summed E-state index contributed by atoms with van der Waals surface area (Å²) in [6.07, 6.45) is 7.81. The maximum absolute atomic E-state index is 12.8. The van der Waals surface area contributed by atoms with Gasteiger partial charge in [-0.3, -0.25) is 14.2 Å². The van der Waals surface area contributed by atoms with Crippen molar-refractivity contribution in [2.24, 2.45) is 0 Å². The van der Waals surface area contributed by atoms with Gasteiger partial charge in [-0.25, -0.2) is 9.78 Å². The molecule has 3 rings (SSSR count). The maximum Gasteiger partial charge on any atom is 0.342 e. The number of nitrogens with one attached hydrogen (secondary N) is 1. The monoisotopic (exact) mass is 375 g/mol. The Bertz CT molecular complexity index is 891. The van der Waals surface area contributed by atoms with Gasteiger partial charge in [0.05, 0.1) is 6.61 Å². The van der Waals surface area contributed by atoms with Crippen LogP contribution in [-0.4, -0.2) is 34.1 Å². The maximum atomic E-state index is 12.8. The summed E-state index contributed by atoms with van der Waals surface area (Å²) in [6, 6.07) is 0.152. The molecule has 0 atom stereocenters. The summed E-state index contributed by atoms with van der Waals surface area (Å²) in [5, 5.41) is 3.06. The fraction of sp³-hybridized carbons (Fsp3) is 0.579. The van der Waals surface area contributed by atoms with Crippen LogP contribution in [0.4, 0.5) is 0 Å². The van der Waals surface area contributed by atoms with Gasteiger partial charge in [0, 0.05) is 6.04 Å². The lowest BCUT2D eigenvalue weighted by Crippen LogP contribution is -2.38. The highest BCUT2D eigenvalue weighted by Crippen LogP contribution is 2.22. The van der Waals surface area contributed by atoms with Crippen LogP contribution in [0, 0.1) is 6.92 Å². The molecule has 0 saturated heterocycles. The molecule has 2 aromatic heterocycles. The number of esters is 1. The Labute approximate surface area is 156 Å². The van der Waals surface area contributed by atoms with Gasteiger partial charge in [0.15, 0.2) is 0 Å². The fourth-order valence-corrected chi connectivity index (χ4v) is 3.55. The molecule has 1 aliphatic rings. The van der Waals surface area contributed by atoms with Crippen molar-refractivity contribution in [3.8, 4) is 0 Å². The number of fused-ring (bicyclic) bond motifs is 1. The number of amides is 1. The minimum absolute atomic E-state index is 0.0516. The largest absolute Gasteiger partial charge is 0.462 e. The first-order valence-corrected chi connectivity index (χ1v) is 9.46. The van der Waals surface area contributed by atoms with E-state index in [4.69, 9.17) is 9.15 Å². The molecule has 0 radical (unpaired) electrons. The number of nitrogens with zero attached hydrogens (tertiary/aromatic N) is 2. The predicted octanol–water partition coefficient (Wildman–Crippen LogP) is 2.31. The third-order valence-electron chi connectivity index (χ3n) is 4.87. The predicted molar refractivity (Wildman–Crippen MR) is 98.6 cm³/mol. The summed E-state index contributed by atoms with van der Waals surface area (Å²) in [5.74, 6) is -0.593. The molecule has 2 aromatic rings. The summed E-state index contributed by atoms with van der Waals surface area (Å²) in [6.45, 7) is 3.30. The zero-order valence-corrected chi connectivity index (χ0v) is 15.7. The third-order valence-corrected chi connectivity index (χ3v) is 4.87. The molecule has 2 heterocycles. The van der Waals surface area contributed by atoms with E-state index in [1.165, 1.54) is 23.7 Å². The molecule has 1 saturated carbocycles. The average molecular weight is 375 g/mol. The second-order valence-corrected chi connectivity index (χ2v) is 6.87. The van der Waals surface area contributed by atoms with E-state index < -0.39 is 11.5 Å². The molecule has 146 valence electrons. The highest BCUT2D eigenvalue weighted by molar-refractivity contribution is 6.03. The van der Waals surface area contributed by atoms with Crippen LogP contribution in [0.3, 0.4) is 0 Å². The summed E-state index contributed by atoms with van der Waals surface area (Å²) >= 11 is 0. The Morgan fingerprint density at radius 2 is 2.00 bits per heavy atom. The minimum Gasteiger partial charge on any atom is -0.462 e. The van der Waals surface area contributed by atoms with E-state index in [1.54, 1.807) is 13.8 Å². The van der Waals surface area contributed by atoms with Crippen molar-refractivity contribution in [1.82, 2.24) is 14.9 Å². The lowest BCUT2D eigenvalue weighted by Gasteiger charge is -2.16. The van der Waals surface area contributed by atoms with Gasteiger partial charge >= 0.3 is 5.97 Å². The van der Waals surface area contributed by atoms with Gasteiger partial charge in [-0.15, -0.1) is 0 Å². The van der Waals surface area contributed by atoms with Gasteiger partial charge in [0.1, 0.15) is 29.6 Å². The van der Waals surface area contributed by atoms with Gasteiger partial charge in [-0.05, 0) is 26.7 Å². The first-order valence-electron chi connectivity index (χ1n) is 9.46. The van der Waals surface area contributed by atoms with Crippen molar-refractivity contribution in [2.75, 3.05) is 6.61 Å². The molecule has 0 bridgehead atoms. The fourth-order valence-electron chi connectivity index (χ4n) is 3.55. The Morgan fingerprint density at radius 3 is 2.67 bits per heavy atom. The number of aromatic nitrogens is 2. The van der Waals surface area contributed by atoms with Crippen LogP contribution in [0.5, 0.6) is 0 Å². The standard InChI is InChI=1S/C19H25N3O5/c1-3-26-19(25)15-12(2)27-17-16(15)18(24)22(11-20-17)10-14(23)21-13-8-6-4-5-7-9-13/h11,13H,3-10H2,1-2H3,(H,21,23). The third kappa shape index (κ3) is 4.20. The van der Waals surface area contributed by atoms with E-state index in [1.807, 2.05) is 0 Å². The quantitative estimate of drug-likeness (QED) is 0.635. The van der Waals surface area contributed by atoms with Gasteiger partial charge in [0.2, 0.25) is 11.6 Å². The van der Waals surface area contributed by atoms with Crippen LogP contribution in [0.15, 0.2) is 15.5 Å². The van der Waals surface area contributed by atoms with Crippen molar-refractivity contribution in [2.45, 2.75) is 65.0 Å². The number of carbonyl (C=O) groups is 2. The molecule has 0 spiro atoms.